The third-order valence-corrected chi connectivity index (χ3v) is 2.29. The van der Waals surface area contributed by atoms with E-state index < -0.39 is 0 Å². The van der Waals surface area contributed by atoms with Gasteiger partial charge in [-0.2, -0.15) is 0 Å². The Hall–Kier alpha value is -1.22. The van der Waals surface area contributed by atoms with E-state index in [1.165, 1.54) is 25.7 Å². The molecule has 14 heavy (non-hydrogen) atoms. The molecule has 3 nitrogen and oxygen atoms in total. The average Bonchev–Trinajstić information content (AvgIpc) is 2.63. The molecular formula is C11H18N2O. The van der Waals surface area contributed by atoms with E-state index in [0.717, 1.165) is 0 Å². The fraction of sp³-hybridized carbons (Fsp3) is 0.455. The Kier molecular flexibility index (Phi) is 4.26. The number of phenolic OH excluding ortho intramolecular Hbond substituents is 1. The lowest BCUT2D eigenvalue weighted by Gasteiger charge is -1.92. The van der Waals surface area contributed by atoms with Crippen LogP contribution >= 0.6 is 0 Å². The Bertz CT molecular complexity index is 231. The molecule has 0 bridgehead atoms. The van der Waals surface area contributed by atoms with Crippen molar-refractivity contribution in [3.05, 3.63) is 24.3 Å². The van der Waals surface area contributed by atoms with Crippen LogP contribution in [0.3, 0.4) is 0 Å². The fourth-order valence-corrected chi connectivity index (χ4v) is 1.43. The number of aromatic hydroxyl groups is 1. The van der Waals surface area contributed by atoms with Gasteiger partial charge < -0.3 is 16.6 Å². The Labute approximate surface area is 84.7 Å². The summed E-state index contributed by atoms with van der Waals surface area (Å²) >= 11 is 0. The van der Waals surface area contributed by atoms with E-state index in [4.69, 9.17) is 16.6 Å². The third kappa shape index (κ3) is 4.14. The predicted octanol–water partition coefficient (Wildman–Crippen LogP) is 1.86. The molecule has 0 heterocycles. The maximum absolute atomic E-state index is 8.70. The van der Waals surface area contributed by atoms with Gasteiger partial charge in [-0.25, -0.2) is 0 Å². The zero-order valence-corrected chi connectivity index (χ0v) is 8.32. The quantitative estimate of drug-likeness (QED) is 0.436. The zero-order valence-electron chi connectivity index (χ0n) is 8.32. The molecule has 0 saturated heterocycles. The molecule has 1 aromatic carbocycles. The summed E-state index contributed by atoms with van der Waals surface area (Å²) in [5, 5.41) is 8.70. The van der Waals surface area contributed by atoms with Crippen molar-refractivity contribution < 1.29 is 5.11 Å². The van der Waals surface area contributed by atoms with Crippen LogP contribution in [0.2, 0.25) is 0 Å². The van der Waals surface area contributed by atoms with Gasteiger partial charge >= 0.3 is 0 Å². The summed E-state index contributed by atoms with van der Waals surface area (Å²) in [6, 6.07) is 6.94. The van der Waals surface area contributed by atoms with Gasteiger partial charge in [0.1, 0.15) is 5.75 Å². The predicted molar refractivity (Wildman–Crippen MR) is 59.0 cm³/mol. The maximum Gasteiger partial charge on any atom is 0.115 e. The highest BCUT2D eigenvalue weighted by atomic mass is 16.3. The average molecular weight is 194 g/mol. The molecule has 5 N–H and O–H groups in total. The van der Waals surface area contributed by atoms with Crippen molar-refractivity contribution >= 4 is 5.69 Å². The number of nitrogen functional groups attached to an aromatic ring is 1. The van der Waals surface area contributed by atoms with Gasteiger partial charge in [-0.1, -0.05) is 12.8 Å². The maximum atomic E-state index is 8.70. The molecule has 0 spiro atoms. The summed E-state index contributed by atoms with van der Waals surface area (Å²) < 4.78 is 0. The minimum absolute atomic E-state index is 0.249. The summed E-state index contributed by atoms with van der Waals surface area (Å²) in [7, 11) is 0. The van der Waals surface area contributed by atoms with Crippen LogP contribution in [0.5, 0.6) is 5.75 Å². The van der Waals surface area contributed by atoms with Crippen LogP contribution in [0.1, 0.15) is 25.7 Å². The molecule has 3 heteroatoms. The van der Waals surface area contributed by atoms with Crippen molar-refractivity contribution in [1.29, 1.82) is 0 Å². The first-order valence-corrected chi connectivity index (χ1v) is 4.98. The van der Waals surface area contributed by atoms with Gasteiger partial charge in [0.2, 0.25) is 0 Å². The number of hydrogen-bond acceptors (Lipinski definition) is 3. The summed E-state index contributed by atoms with van der Waals surface area (Å²) in [6.45, 7) is 0. The number of benzene rings is 1. The van der Waals surface area contributed by atoms with E-state index in [2.05, 4.69) is 0 Å². The molecular weight excluding hydrogens is 176 g/mol. The Morgan fingerprint density at radius 1 is 1.07 bits per heavy atom. The second-order valence-electron chi connectivity index (χ2n) is 3.64. The van der Waals surface area contributed by atoms with Gasteiger partial charge in [0, 0.05) is 11.7 Å². The van der Waals surface area contributed by atoms with Crippen LogP contribution in [-0.4, -0.2) is 11.1 Å². The Morgan fingerprint density at radius 2 is 1.57 bits per heavy atom. The first-order chi connectivity index (χ1) is 6.68. The normalized spacial score (nSPS) is 16.1. The first kappa shape index (κ1) is 10.9. The lowest BCUT2D eigenvalue weighted by molar-refractivity contribution is 0.475. The molecule has 1 aliphatic carbocycles. The van der Waals surface area contributed by atoms with Crippen molar-refractivity contribution in [2.45, 2.75) is 31.7 Å². The molecule has 1 aliphatic rings. The number of nitrogens with two attached hydrogens (primary N) is 2. The lowest BCUT2D eigenvalue weighted by atomic mass is 10.3. The van der Waals surface area contributed by atoms with Crippen molar-refractivity contribution in [3.8, 4) is 5.75 Å². The van der Waals surface area contributed by atoms with Crippen LogP contribution in [0.4, 0.5) is 5.69 Å². The van der Waals surface area contributed by atoms with E-state index in [0.29, 0.717) is 11.7 Å². The monoisotopic (exact) mass is 194 g/mol. The van der Waals surface area contributed by atoms with Gasteiger partial charge in [0.15, 0.2) is 0 Å². The second kappa shape index (κ2) is 5.50. The van der Waals surface area contributed by atoms with Crippen LogP contribution < -0.4 is 11.5 Å². The molecule has 0 atom stereocenters. The molecule has 1 aromatic rings. The van der Waals surface area contributed by atoms with Crippen molar-refractivity contribution in [3.63, 3.8) is 0 Å². The van der Waals surface area contributed by atoms with Crippen LogP contribution in [0.25, 0.3) is 0 Å². The summed E-state index contributed by atoms with van der Waals surface area (Å²) in [5.41, 5.74) is 11.5. The standard InChI is InChI=1S/C6H7NO.C5H11N/c7-5-1-3-6(8)4-2-5;6-5-3-1-2-4-5/h1-4,8H,7H2;5H,1-4,6H2. The number of phenols is 1. The number of anilines is 1. The number of hydrogen-bond donors (Lipinski definition) is 3. The molecule has 0 aliphatic heterocycles. The first-order valence-electron chi connectivity index (χ1n) is 4.98. The van der Waals surface area contributed by atoms with Gasteiger partial charge in [0.25, 0.3) is 0 Å². The Balaban J connectivity index is 0.000000146. The van der Waals surface area contributed by atoms with E-state index in [9.17, 15) is 0 Å². The molecule has 1 fully saturated rings. The molecule has 1 saturated carbocycles. The molecule has 78 valence electrons. The highest BCUT2D eigenvalue weighted by molar-refractivity contribution is 5.40. The third-order valence-electron chi connectivity index (χ3n) is 2.29. The van der Waals surface area contributed by atoms with Crippen molar-refractivity contribution in [1.82, 2.24) is 0 Å². The van der Waals surface area contributed by atoms with E-state index >= 15 is 0 Å². The largest absolute Gasteiger partial charge is 0.508 e. The van der Waals surface area contributed by atoms with Crippen LogP contribution in [0, 0.1) is 0 Å². The summed E-state index contributed by atoms with van der Waals surface area (Å²) in [5.74, 6) is 0.249. The molecule has 0 radical (unpaired) electrons. The summed E-state index contributed by atoms with van der Waals surface area (Å²) in [4.78, 5) is 0. The minimum Gasteiger partial charge on any atom is -0.508 e. The van der Waals surface area contributed by atoms with Crippen molar-refractivity contribution in [2.24, 2.45) is 5.73 Å². The SMILES string of the molecule is NC1CCCC1.Nc1ccc(O)cc1. The molecule has 0 amide bonds. The van der Waals surface area contributed by atoms with Gasteiger partial charge in [0.05, 0.1) is 0 Å². The molecule has 0 aromatic heterocycles. The lowest BCUT2D eigenvalue weighted by Crippen LogP contribution is -2.13. The zero-order chi connectivity index (χ0) is 10.4. The van der Waals surface area contributed by atoms with E-state index in [1.54, 1.807) is 24.3 Å². The fourth-order valence-electron chi connectivity index (χ4n) is 1.43. The van der Waals surface area contributed by atoms with Gasteiger partial charge in [-0.3, -0.25) is 0 Å². The number of rotatable bonds is 0. The van der Waals surface area contributed by atoms with Crippen LogP contribution in [0.15, 0.2) is 24.3 Å². The van der Waals surface area contributed by atoms with E-state index in [1.807, 2.05) is 0 Å². The van der Waals surface area contributed by atoms with E-state index in [-0.39, 0.29) is 5.75 Å². The highest BCUT2D eigenvalue weighted by Crippen LogP contribution is 2.14. The second-order valence-corrected chi connectivity index (χ2v) is 3.64. The molecule has 2 rings (SSSR count). The van der Waals surface area contributed by atoms with Gasteiger partial charge in [-0.05, 0) is 37.1 Å². The minimum atomic E-state index is 0.249. The van der Waals surface area contributed by atoms with Crippen molar-refractivity contribution in [2.75, 3.05) is 5.73 Å². The van der Waals surface area contributed by atoms with Gasteiger partial charge in [-0.15, -0.1) is 0 Å². The smallest absolute Gasteiger partial charge is 0.115 e. The Morgan fingerprint density at radius 3 is 1.86 bits per heavy atom. The topological polar surface area (TPSA) is 72.3 Å². The van der Waals surface area contributed by atoms with Crippen LogP contribution in [-0.2, 0) is 0 Å². The highest BCUT2D eigenvalue weighted by Gasteiger charge is 2.07. The summed E-state index contributed by atoms with van der Waals surface area (Å²) in [6.07, 6.45) is 5.25. The molecule has 0 unspecified atom stereocenters.